The molecule has 0 fully saturated rings. The smallest absolute Gasteiger partial charge is 0.303 e. The van der Waals surface area contributed by atoms with E-state index in [9.17, 15) is 4.79 Å². The molecule has 0 radical (unpaired) electrons. The van der Waals surface area contributed by atoms with Crippen molar-refractivity contribution < 1.29 is 14.6 Å². The molecule has 0 unspecified atom stereocenters. The molecule has 0 aliphatic carbocycles. The van der Waals surface area contributed by atoms with Crippen LogP contribution in [0.5, 0.6) is 5.75 Å². The number of hydrogen-bond acceptors (Lipinski definition) is 2. The Morgan fingerprint density at radius 1 is 1.37 bits per heavy atom. The van der Waals surface area contributed by atoms with Crippen LogP contribution in [0.15, 0.2) is 18.2 Å². The van der Waals surface area contributed by atoms with Gasteiger partial charge in [0, 0.05) is 6.42 Å². The molecule has 106 valence electrons. The molecule has 0 aromatic heterocycles. The molecule has 1 N–H and O–H groups in total. The molecule has 3 nitrogen and oxygen atoms in total. The number of ether oxygens (including phenoxy) is 1. The summed E-state index contributed by atoms with van der Waals surface area (Å²) < 4.78 is 5.63. The minimum Gasteiger partial charge on any atom is -0.493 e. The van der Waals surface area contributed by atoms with Crippen molar-refractivity contribution in [2.45, 2.75) is 52.4 Å². The maximum Gasteiger partial charge on any atom is 0.303 e. The first-order valence-corrected chi connectivity index (χ1v) is 6.82. The quantitative estimate of drug-likeness (QED) is 0.759. The van der Waals surface area contributed by atoms with Crippen molar-refractivity contribution in [1.29, 1.82) is 0 Å². The van der Waals surface area contributed by atoms with E-state index in [4.69, 9.17) is 9.84 Å². The van der Waals surface area contributed by atoms with E-state index < -0.39 is 5.97 Å². The van der Waals surface area contributed by atoms with Crippen LogP contribution in [-0.4, -0.2) is 17.7 Å². The van der Waals surface area contributed by atoms with E-state index in [2.05, 4.69) is 32.9 Å². The molecule has 1 rings (SSSR count). The van der Waals surface area contributed by atoms with Gasteiger partial charge in [-0.05, 0) is 42.4 Å². The second-order valence-corrected chi connectivity index (χ2v) is 5.56. The van der Waals surface area contributed by atoms with Gasteiger partial charge in [0.1, 0.15) is 5.75 Å². The molecule has 0 saturated carbocycles. The summed E-state index contributed by atoms with van der Waals surface area (Å²) >= 11 is 0. The van der Waals surface area contributed by atoms with Gasteiger partial charge in [-0.3, -0.25) is 4.79 Å². The number of benzene rings is 1. The first kappa shape index (κ1) is 15.5. The van der Waals surface area contributed by atoms with Gasteiger partial charge in [-0.2, -0.15) is 0 Å². The summed E-state index contributed by atoms with van der Waals surface area (Å²) in [4.78, 5) is 10.4. The highest BCUT2D eigenvalue weighted by Crippen LogP contribution is 2.30. The molecule has 1 aromatic carbocycles. The summed E-state index contributed by atoms with van der Waals surface area (Å²) in [5.41, 5.74) is 2.59. The van der Waals surface area contributed by atoms with Crippen molar-refractivity contribution >= 4 is 5.97 Å². The van der Waals surface area contributed by atoms with Crippen LogP contribution in [0, 0.1) is 6.92 Å². The molecule has 0 aliphatic rings. The highest BCUT2D eigenvalue weighted by molar-refractivity contribution is 5.66. The van der Waals surface area contributed by atoms with Gasteiger partial charge in [-0.1, -0.05) is 32.9 Å². The normalized spacial score (nSPS) is 11.4. The Hall–Kier alpha value is -1.51. The minimum atomic E-state index is -0.777. The Bertz CT molecular complexity index is 436. The lowest BCUT2D eigenvalue weighted by Crippen LogP contribution is -2.15. The Morgan fingerprint density at radius 3 is 2.58 bits per heavy atom. The van der Waals surface area contributed by atoms with Gasteiger partial charge in [0.05, 0.1) is 6.61 Å². The maximum absolute atomic E-state index is 10.4. The predicted molar refractivity (Wildman–Crippen MR) is 76.9 cm³/mol. The van der Waals surface area contributed by atoms with E-state index in [1.807, 2.05) is 13.0 Å². The third-order valence-corrected chi connectivity index (χ3v) is 3.63. The summed E-state index contributed by atoms with van der Waals surface area (Å²) in [6.07, 6.45) is 1.78. The molecule has 0 spiro atoms. The molecule has 0 heterocycles. The fourth-order valence-electron chi connectivity index (χ4n) is 1.84. The van der Waals surface area contributed by atoms with Gasteiger partial charge < -0.3 is 9.84 Å². The Balaban J connectivity index is 2.65. The van der Waals surface area contributed by atoms with Crippen molar-refractivity contribution in [3.63, 3.8) is 0 Å². The number of aryl methyl sites for hydroxylation is 1. The molecular formula is C16H24O3. The van der Waals surface area contributed by atoms with E-state index in [0.717, 1.165) is 17.7 Å². The van der Waals surface area contributed by atoms with Gasteiger partial charge in [0.15, 0.2) is 0 Å². The van der Waals surface area contributed by atoms with Crippen molar-refractivity contribution in [2.24, 2.45) is 0 Å². The fraction of sp³-hybridized carbons (Fsp3) is 0.562. The lowest BCUT2D eigenvalue weighted by Gasteiger charge is -2.24. The molecule has 3 heteroatoms. The third-order valence-electron chi connectivity index (χ3n) is 3.63. The minimum absolute atomic E-state index is 0.153. The van der Waals surface area contributed by atoms with E-state index in [-0.39, 0.29) is 11.8 Å². The molecule has 1 aromatic rings. The van der Waals surface area contributed by atoms with Crippen LogP contribution in [0.3, 0.4) is 0 Å². The molecule has 0 atom stereocenters. The molecular weight excluding hydrogens is 240 g/mol. The van der Waals surface area contributed by atoms with Crippen LogP contribution in [0.2, 0.25) is 0 Å². The number of hydrogen-bond donors (Lipinski definition) is 1. The summed E-state index contributed by atoms with van der Waals surface area (Å²) in [5, 5.41) is 8.56. The predicted octanol–water partition coefficient (Wildman–Crippen LogP) is 3.93. The molecule has 0 bridgehead atoms. The van der Waals surface area contributed by atoms with Crippen LogP contribution in [0.1, 0.15) is 51.2 Å². The zero-order valence-corrected chi connectivity index (χ0v) is 12.3. The van der Waals surface area contributed by atoms with Crippen LogP contribution in [-0.2, 0) is 10.2 Å². The van der Waals surface area contributed by atoms with Crippen molar-refractivity contribution in [3.8, 4) is 5.75 Å². The second kappa shape index (κ2) is 6.60. The van der Waals surface area contributed by atoms with Crippen LogP contribution in [0.4, 0.5) is 0 Å². The van der Waals surface area contributed by atoms with Crippen molar-refractivity contribution in [1.82, 2.24) is 0 Å². The van der Waals surface area contributed by atoms with Gasteiger partial charge in [-0.25, -0.2) is 0 Å². The van der Waals surface area contributed by atoms with Gasteiger partial charge in [0.25, 0.3) is 0 Å². The molecule has 0 saturated heterocycles. The molecule has 19 heavy (non-hydrogen) atoms. The number of aliphatic carboxylic acids is 1. The highest BCUT2D eigenvalue weighted by Gasteiger charge is 2.18. The van der Waals surface area contributed by atoms with E-state index >= 15 is 0 Å². The largest absolute Gasteiger partial charge is 0.493 e. The standard InChI is InChI=1S/C16H24O3/c1-5-16(3,4)13-8-9-14(12(2)11-13)19-10-6-7-15(17)18/h8-9,11H,5-7,10H2,1-4H3,(H,17,18). The second-order valence-electron chi connectivity index (χ2n) is 5.56. The number of carbonyl (C=O) groups is 1. The molecule has 0 aliphatic heterocycles. The summed E-state index contributed by atoms with van der Waals surface area (Å²) in [6.45, 7) is 9.13. The van der Waals surface area contributed by atoms with Crippen molar-refractivity contribution in [2.75, 3.05) is 6.61 Å². The number of carboxylic acids is 1. The third kappa shape index (κ3) is 4.58. The first-order valence-electron chi connectivity index (χ1n) is 6.82. The summed E-state index contributed by atoms with van der Waals surface area (Å²) in [6, 6.07) is 6.25. The zero-order valence-electron chi connectivity index (χ0n) is 12.3. The zero-order chi connectivity index (χ0) is 14.5. The lowest BCUT2D eigenvalue weighted by atomic mass is 9.81. The van der Waals surface area contributed by atoms with Crippen molar-refractivity contribution in [3.05, 3.63) is 29.3 Å². The van der Waals surface area contributed by atoms with Crippen LogP contribution >= 0.6 is 0 Å². The monoisotopic (exact) mass is 264 g/mol. The highest BCUT2D eigenvalue weighted by atomic mass is 16.5. The fourth-order valence-corrected chi connectivity index (χ4v) is 1.84. The number of carboxylic acid groups (broad SMARTS) is 1. The first-order chi connectivity index (χ1) is 8.86. The summed E-state index contributed by atoms with van der Waals surface area (Å²) in [5.74, 6) is 0.0707. The SMILES string of the molecule is CCC(C)(C)c1ccc(OCCCC(=O)O)c(C)c1. The van der Waals surface area contributed by atoms with Gasteiger partial charge in [0.2, 0.25) is 0 Å². The Morgan fingerprint density at radius 2 is 2.05 bits per heavy atom. The van der Waals surface area contributed by atoms with E-state index in [1.54, 1.807) is 0 Å². The number of rotatable bonds is 7. The molecule has 0 amide bonds. The van der Waals surface area contributed by atoms with E-state index in [0.29, 0.717) is 13.0 Å². The Labute approximate surface area is 115 Å². The van der Waals surface area contributed by atoms with Crippen LogP contribution < -0.4 is 4.74 Å². The van der Waals surface area contributed by atoms with Crippen LogP contribution in [0.25, 0.3) is 0 Å². The summed E-state index contributed by atoms with van der Waals surface area (Å²) in [7, 11) is 0. The van der Waals surface area contributed by atoms with E-state index in [1.165, 1.54) is 5.56 Å². The average Bonchev–Trinajstić information content (AvgIpc) is 2.35. The van der Waals surface area contributed by atoms with Gasteiger partial charge >= 0.3 is 5.97 Å². The average molecular weight is 264 g/mol. The maximum atomic E-state index is 10.4. The van der Waals surface area contributed by atoms with Gasteiger partial charge in [-0.15, -0.1) is 0 Å². The Kier molecular flexibility index (Phi) is 5.40. The lowest BCUT2D eigenvalue weighted by molar-refractivity contribution is -0.137. The topological polar surface area (TPSA) is 46.5 Å².